The van der Waals surface area contributed by atoms with Gasteiger partial charge in [-0.3, -0.25) is 14.4 Å². The number of esters is 1. The molecule has 0 aliphatic heterocycles. The van der Waals surface area contributed by atoms with Crippen LogP contribution in [0.25, 0.3) is 0 Å². The third-order valence-corrected chi connectivity index (χ3v) is 2.06. The first-order valence-corrected chi connectivity index (χ1v) is 5.62. The van der Waals surface area contributed by atoms with Crippen molar-refractivity contribution in [1.29, 1.82) is 0 Å². The number of aliphatic carboxylic acids is 1. The van der Waals surface area contributed by atoms with Crippen LogP contribution in [0.2, 0.25) is 0 Å². The van der Waals surface area contributed by atoms with Crippen molar-refractivity contribution in [3.05, 3.63) is 0 Å². The Balaban J connectivity index is 3.70. The van der Waals surface area contributed by atoms with Crippen molar-refractivity contribution in [3.63, 3.8) is 0 Å². The van der Waals surface area contributed by atoms with Crippen molar-refractivity contribution in [3.8, 4) is 0 Å². The Morgan fingerprint density at radius 3 is 2.41 bits per heavy atom. The van der Waals surface area contributed by atoms with Crippen molar-refractivity contribution >= 4 is 17.8 Å². The van der Waals surface area contributed by atoms with Gasteiger partial charge in [0, 0.05) is 18.9 Å². The second-order valence-electron chi connectivity index (χ2n) is 3.71. The quantitative estimate of drug-likeness (QED) is 0.614. The largest absolute Gasteiger partial charge is 0.481 e. The summed E-state index contributed by atoms with van der Waals surface area (Å²) in [7, 11) is 0. The number of nitrogens with one attached hydrogen (secondary N) is 1. The average molecular weight is 245 g/mol. The first-order valence-electron chi connectivity index (χ1n) is 5.62. The Kier molecular flexibility index (Phi) is 7.75. The smallest absolute Gasteiger partial charge is 0.306 e. The minimum atomic E-state index is -0.891. The van der Waals surface area contributed by atoms with Crippen LogP contribution in [0.3, 0.4) is 0 Å². The zero-order chi connectivity index (χ0) is 13.3. The first kappa shape index (κ1) is 15.4. The van der Waals surface area contributed by atoms with Crippen molar-refractivity contribution in [2.24, 2.45) is 0 Å². The van der Waals surface area contributed by atoms with Crippen molar-refractivity contribution in [2.75, 3.05) is 6.61 Å². The molecule has 0 radical (unpaired) electrons. The predicted molar refractivity (Wildman–Crippen MR) is 60.3 cm³/mol. The molecule has 0 aromatic carbocycles. The summed E-state index contributed by atoms with van der Waals surface area (Å²) in [5, 5.41) is 11.1. The summed E-state index contributed by atoms with van der Waals surface area (Å²) in [4.78, 5) is 32.6. The van der Waals surface area contributed by atoms with E-state index in [-0.39, 0.29) is 31.2 Å². The molecule has 0 saturated heterocycles. The summed E-state index contributed by atoms with van der Waals surface area (Å²) in [5.74, 6) is -1.56. The Labute approximate surface area is 100 Å². The van der Waals surface area contributed by atoms with Gasteiger partial charge in [0.05, 0.1) is 13.0 Å². The Hall–Kier alpha value is -1.59. The molecule has 0 aromatic heterocycles. The molecule has 2 N–H and O–H groups in total. The van der Waals surface area contributed by atoms with E-state index in [0.29, 0.717) is 13.0 Å². The maximum atomic E-state index is 11.3. The summed E-state index contributed by atoms with van der Waals surface area (Å²) < 4.78 is 4.68. The highest BCUT2D eigenvalue weighted by atomic mass is 16.5. The Morgan fingerprint density at radius 1 is 1.24 bits per heavy atom. The molecule has 0 bridgehead atoms. The number of hydrogen-bond acceptors (Lipinski definition) is 4. The van der Waals surface area contributed by atoms with Crippen LogP contribution in [0.15, 0.2) is 0 Å². The van der Waals surface area contributed by atoms with Crippen LogP contribution in [0.5, 0.6) is 0 Å². The van der Waals surface area contributed by atoms with E-state index in [1.54, 1.807) is 13.8 Å². The molecule has 17 heavy (non-hydrogen) atoms. The van der Waals surface area contributed by atoms with Gasteiger partial charge < -0.3 is 15.2 Å². The third kappa shape index (κ3) is 9.35. The molecule has 98 valence electrons. The number of carboxylic acid groups (broad SMARTS) is 1. The van der Waals surface area contributed by atoms with Gasteiger partial charge in [0.2, 0.25) is 5.91 Å². The van der Waals surface area contributed by atoms with Gasteiger partial charge in [0.1, 0.15) is 0 Å². The SMILES string of the molecule is CCOC(=O)CCC(=O)NC(C)CCC(=O)O. The molecule has 0 saturated carbocycles. The van der Waals surface area contributed by atoms with Crippen LogP contribution in [-0.2, 0) is 19.1 Å². The predicted octanol–water partition coefficient (Wildman–Crippen LogP) is 0.699. The average Bonchev–Trinajstić information content (AvgIpc) is 2.24. The number of ether oxygens (including phenoxy) is 1. The minimum Gasteiger partial charge on any atom is -0.481 e. The highest BCUT2D eigenvalue weighted by Crippen LogP contribution is 1.99. The molecule has 1 amide bonds. The lowest BCUT2D eigenvalue weighted by Gasteiger charge is -2.12. The van der Waals surface area contributed by atoms with E-state index in [4.69, 9.17) is 5.11 Å². The summed E-state index contributed by atoms with van der Waals surface area (Å²) in [6.07, 6.45) is 0.501. The summed E-state index contributed by atoms with van der Waals surface area (Å²) in [6.45, 7) is 3.73. The van der Waals surface area contributed by atoms with Crippen LogP contribution in [0.1, 0.15) is 39.5 Å². The normalized spacial score (nSPS) is 11.6. The van der Waals surface area contributed by atoms with Crippen LogP contribution < -0.4 is 5.32 Å². The highest BCUT2D eigenvalue weighted by molar-refractivity contribution is 5.81. The van der Waals surface area contributed by atoms with Gasteiger partial charge in [-0.25, -0.2) is 0 Å². The number of carbonyl (C=O) groups is 3. The molecule has 0 aliphatic carbocycles. The standard InChI is InChI=1S/C11H19NO5/c1-3-17-11(16)7-5-9(13)12-8(2)4-6-10(14)15/h8H,3-7H2,1-2H3,(H,12,13)(H,14,15). The van der Waals surface area contributed by atoms with Gasteiger partial charge in [-0.15, -0.1) is 0 Å². The summed E-state index contributed by atoms with van der Waals surface area (Å²) >= 11 is 0. The molecule has 1 unspecified atom stereocenters. The van der Waals surface area contributed by atoms with E-state index < -0.39 is 11.9 Å². The molecule has 0 rings (SSSR count). The lowest BCUT2D eigenvalue weighted by molar-refractivity contribution is -0.144. The topological polar surface area (TPSA) is 92.7 Å². The molecule has 6 heteroatoms. The molecular formula is C11H19NO5. The fraction of sp³-hybridized carbons (Fsp3) is 0.727. The number of carboxylic acids is 1. The monoisotopic (exact) mass is 245 g/mol. The van der Waals surface area contributed by atoms with Gasteiger partial charge >= 0.3 is 11.9 Å². The van der Waals surface area contributed by atoms with Gasteiger partial charge in [0.25, 0.3) is 0 Å². The van der Waals surface area contributed by atoms with Crippen molar-refractivity contribution < 1.29 is 24.2 Å². The Bertz CT molecular complexity index is 277. The van der Waals surface area contributed by atoms with E-state index in [9.17, 15) is 14.4 Å². The Morgan fingerprint density at radius 2 is 1.88 bits per heavy atom. The zero-order valence-corrected chi connectivity index (χ0v) is 10.2. The lowest BCUT2D eigenvalue weighted by Crippen LogP contribution is -2.33. The second kappa shape index (κ2) is 8.55. The first-order chi connectivity index (χ1) is 7.95. The van der Waals surface area contributed by atoms with Gasteiger partial charge in [-0.2, -0.15) is 0 Å². The molecule has 0 spiro atoms. The zero-order valence-electron chi connectivity index (χ0n) is 10.2. The molecule has 0 aromatic rings. The van der Waals surface area contributed by atoms with Crippen molar-refractivity contribution in [1.82, 2.24) is 5.32 Å². The van der Waals surface area contributed by atoms with Crippen LogP contribution in [-0.4, -0.2) is 35.6 Å². The van der Waals surface area contributed by atoms with Crippen LogP contribution in [0, 0.1) is 0 Å². The molecule has 0 aliphatic rings. The molecule has 1 atom stereocenters. The fourth-order valence-electron chi connectivity index (χ4n) is 1.21. The number of rotatable bonds is 8. The number of hydrogen-bond donors (Lipinski definition) is 2. The molecular weight excluding hydrogens is 226 g/mol. The highest BCUT2D eigenvalue weighted by Gasteiger charge is 2.11. The molecule has 0 fully saturated rings. The van der Waals surface area contributed by atoms with Gasteiger partial charge in [0.15, 0.2) is 0 Å². The van der Waals surface area contributed by atoms with E-state index in [0.717, 1.165) is 0 Å². The summed E-state index contributed by atoms with van der Waals surface area (Å²) in [6, 6.07) is -0.208. The van der Waals surface area contributed by atoms with E-state index >= 15 is 0 Å². The lowest BCUT2D eigenvalue weighted by atomic mass is 10.1. The van der Waals surface area contributed by atoms with Gasteiger partial charge in [-0.1, -0.05) is 0 Å². The minimum absolute atomic E-state index is 0.0132. The van der Waals surface area contributed by atoms with E-state index in [2.05, 4.69) is 10.1 Å². The van der Waals surface area contributed by atoms with Crippen LogP contribution in [0.4, 0.5) is 0 Å². The molecule has 6 nitrogen and oxygen atoms in total. The van der Waals surface area contributed by atoms with Crippen molar-refractivity contribution in [2.45, 2.75) is 45.6 Å². The molecule has 0 heterocycles. The number of amides is 1. The second-order valence-corrected chi connectivity index (χ2v) is 3.71. The van der Waals surface area contributed by atoms with Crippen LogP contribution >= 0.6 is 0 Å². The maximum Gasteiger partial charge on any atom is 0.306 e. The van der Waals surface area contributed by atoms with Gasteiger partial charge in [-0.05, 0) is 20.3 Å². The third-order valence-electron chi connectivity index (χ3n) is 2.06. The fourth-order valence-corrected chi connectivity index (χ4v) is 1.21. The van der Waals surface area contributed by atoms with E-state index in [1.807, 2.05) is 0 Å². The van der Waals surface area contributed by atoms with E-state index in [1.165, 1.54) is 0 Å². The number of carbonyl (C=O) groups excluding carboxylic acids is 2. The summed E-state index contributed by atoms with van der Waals surface area (Å²) in [5.41, 5.74) is 0. The maximum absolute atomic E-state index is 11.3.